The highest BCUT2D eigenvalue weighted by Crippen LogP contribution is 2.37. The predicted molar refractivity (Wildman–Crippen MR) is 147 cm³/mol. The van der Waals surface area contributed by atoms with E-state index in [0.717, 1.165) is 11.3 Å². The van der Waals surface area contributed by atoms with E-state index in [2.05, 4.69) is 20.8 Å². The quantitative estimate of drug-likeness (QED) is 0.519. The van der Waals surface area contributed by atoms with Crippen LogP contribution < -0.4 is 9.80 Å². The lowest BCUT2D eigenvalue weighted by molar-refractivity contribution is -0.137. The average molecular weight is 608 g/mol. The first-order valence-corrected chi connectivity index (χ1v) is 15.3. The molecule has 38 heavy (non-hydrogen) atoms. The molecular weight excluding hydrogens is 575 g/mol. The summed E-state index contributed by atoms with van der Waals surface area (Å²) in [6.45, 7) is 5.19. The summed E-state index contributed by atoms with van der Waals surface area (Å²) in [7, 11) is -3.88. The van der Waals surface area contributed by atoms with Crippen LogP contribution in [0.2, 0.25) is 0 Å². The van der Waals surface area contributed by atoms with Crippen LogP contribution >= 0.6 is 15.9 Å². The minimum Gasteiger partial charge on any atom is -0.368 e. The van der Waals surface area contributed by atoms with E-state index in [1.165, 1.54) is 16.4 Å². The Bertz CT molecular complexity index is 1330. The van der Waals surface area contributed by atoms with Crippen LogP contribution in [0.3, 0.4) is 0 Å². The van der Waals surface area contributed by atoms with Crippen molar-refractivity contribution in [2.75, 3.05) is 55.6 Å². The Kier molecular flexibility index (Phi) is 7.79. The van der Waals surface area contributed by atoms with Crippen molar-refractivity contribution in [1.29, 1.82) is 0 Å². The van der Waals surface area contributed by atoms with Gasteiger partial charge in [0, 0.05) is 68.1 Å². The number of halogens is 2. The molecule has 3 aliphatic rings. The molecule has 0 N–H and O–H groups in total. The zero-order chi connectivity index (χ0) is 27.0. The predicted octanol–water partition coefficient (Wildman–Crippen LogP) is 3.64. The second kappa shape index (κ2) is 10.9. The van der Waals surface area contributed by atoms with Gasteiger partial charge in [0.1, 0.15) is 5.82 Å². The number of amides is 2. The van der Waals surface area contributed by atoms with Gasteiger partial charge in [0.05, 0.1) is 10.8 Å². The molecule has 2 aromatic carbocycles. The number of nitrogens with zero attached hydrogens (tertiary/aromatic N) is 4. The molecule has 2 amide bonds. The van der Waals surface area contributed by atoms with Gasteiger partial charge in [-0.1, -0.05) is 6.92 Å². The monoisotopic (exact) mass is 606 g/mol. The van der Waals surface area contributed by atoms with Gasteiger partial charge in [-0.3, -0.25) is 9.59 Å². The van der Waals surface area contributed by atoms with Gasteiger partial charge < -0.3 is 14.7 Å². The SMILES string of the molecule is CCC(=O)N1CCc2cc(Br)c(S(=O)(=O)N3CCC[C@H](C(=O)N4CCN(c5ccc(F)cc5)CC4)C3)cc21. The van der Waals surface area contributed by atoms with E-state index in [1.807, 2.05) is 4.90 Å². The Balaban J connectivity index is 1.28. The number of benzene rings is 2. The number of piperazine rings is 1. The number of carbonyl (C=O) groups is 2. The highest BCUT2D eigenvalue weighted by Gasteiger charge is 2.37. The largest absolute Gasteiger partial charge is 0.368 e. The minimum absolute atomic E-state index is 0.0172. The lowest BCUT2D eigenvalue weighted by Crippen LogP contribution is -2.53. The van der Waals surface area contributed by atoms with Gasteiger partial charge in [-0.15, -0.1) is 0 Å². The molecule has 2 aromatic rings. The smallest absolute Gasteiger partial charge is 0.244 e. The van der Waals surface area contributed by atoms with Crippen molar-refractivity contribution in [2.24, 2.45) is 5.92 Å². The topological polar surface area (TPSA) is 81.2 Å². The zero-order valence-electron chi connectivity index (χ0n) is 21.4. The molecule has 0 spiro atoms. The van der Waals surface area contributed by atoms with E-state index in [9.17, 15) is 22.4 Å². The summed E-state index contributed by atoms with van der Waals surface area (Å²) in [6.07, 6.45) is 2.29. The van der Waals surface area contributed by atoms with E-state index in [1.54, 1.807) is 36.1 Å². The molecule has 5 rings (SSSR count). The number of hydrogen-bond acceptors (Lipinski definition) is 5. The summed E-state index contributed by atoms with van der Waals surface area (Å²) < 4.78 is 42.7. The maximum atomic E-state index is 13.8. The number of hydrogen-bond donors (Lipinski definition) is 0. The first kappa shape index (κ1) is 27.1. The van der Waals surface area contributed by atoms with Crippen LogP contribution in [0, 0.1) is 11.7 Å². The van der Waals surface area contributed by atoms with Gasteiger partial charge in [-0.05, 0) is 77.2 Å². The van der Waals surface area contributed by atoms with Gasteiger partial charge in [-0.2, -0.15) is 4.31 Å². The van der Waals surface area contributed by atoms with Gasteiger partial charge >= 0.3 is 0 Å². The Morgan fingerprint density at radius 1 is 1.03 bits per heavy atom. The number of sulfonamides is 1. The molecule has 0 aliphatic carbocycles. The number of fused-ring (bicyclic) bond motifs is 1. The highest BCUT2D eigenvalue weighted by molar-refractivity contribution is 9.10. The molecule has 0 bridgehead atoms. The number of anilines is 2. The van der Waals surface area contributed by atoms with Gasteiger partial charge in [0.25, 0.3) is 0 Å². The van der Waals surface area contributed by atoms with Gasteiger partial charge in [0.15, 0.2) is 0 Å². The molecule has 1 atom stereocenters. The van der Waals surface area contributed by atoms with Crippen LogP contribution in [0.15, 0.2) is 45.8 Å². The Labute approximate surface area is 231 Å². The Morgan fingerprint density at radius 2 is 1.74 bits per heavy atom. The van der Waals surface area contributed by atoms with Crippen LogP contribution in [0.1, 0.15) is 31.7 Å². The first-order chi connectivity index (χ1) is 18.2. The van der Waals surface area contributed by atoms with E-state index >= 15 is 0 Å². The zero-order valence-corrected chi connectivity index (χ0v) is 23.8. The minimum atomic E-state index is -3.88. The normalized spacial score (nSPS) is 20.5. The first-order valence-electron chi connectivity index (χ1n) is 13.1. The summed E-state index contributed by atoms with van der Waals surface area (Å²) in [4.78, 5) is 31.5. The molecule has 8 nitrogen and oxygen atoms in total. The fourth-order valence-electron chi connectivity index (χ4n) is 5.63. The van der Waals surface area contributed by atoms with Crippen molar-refractivity contribution in [3.63, 3.8) is 0 Å². The summed E-state index contributed by atoms with van der Waals surface area (Å²) in [6, 6.07) is 9.76. The van der Waals surface area contributed by atoms with Crippen molar-refractivity contribution in [3.05, 3.63) is 52.3 Å². The molecule has 2 fully saturated rings. The maximum Gasteiger partial charge on any atom is 0.244 e. The molecule has 3 heterocycles. The standard InChI is InChI=1S/C27H32BrFN4O4S/c1-2-26(34)33-11-9-19-16-23(28)25(17-24(19)33)38(36,37)32-10-3-4-20(18-32)27(35)31-14-12-30(13-15-31)22-7-5-21(29)6-8-22/h5-8,16-17,20H,2-4,9-15,18H2,1H3/t20-/m0/s1. The molecule has 0 radical (unpaired) electrons. The molecular formula is C27H32BrFN4O4S. The summed E-state index contributed by atoms with van der Waals surface area (Å²) in [5.74, 6) is -0.728. The summed E-state index contributed by atoms with van der Waals surface area (Å²) in [5, 5.41) is 0. The molecule has 0 saturated carbocycles. The van der Waals surface area contributed by atoms with Crippen LogP contribution in [-0.4, -0.2) is 75.3 Å². The van der Waals surface area contributed by atoms with Crippen LogP contribution in [0.4, 0.5) is 15.8 Å². The third-order valence-corrected chi connectivity index (χ3v) is 10.6. The lowest BCUT2D eigenvalue weighted by atomic mass is 9.97. The van der Waals surface area contributed by atoms with Crippen molar-refractivity contribution in [2.45, 2.75) is 37.5 Å². The van der Waals surface area contributed by atoms with Gasteiger partial charge in [0.2, 0.25) is 21.8 Å². The number of carbonyl (C=O) groups excluding carboxylic acids is 2. The van der Waals surface area contributed by atoms with Crippen LogP contribution in [-0.2, 0) is 26.0 Å². The van der Waals surface area contributed by atoms with Crippen molar-refractivity contribution < 1.29 is 22.4 Å². The van der Waals surface area contributed by atoms with Crippen LogP contribution in [0.5, 0.6) is 0 Å². The average Bonchev–Trinajstić information content (AvgIpc) is 3.35. The van der Waals surface area contributed by atoms with Crippen molar-refractivity contribution in [3.8, 4) is 0 Å². The molecule has 11 heteroatoms. The summed E-state index contributed by atoms with van der Waals surface area (Å²) in [5.41, 5.74) is 2.53. The molecule has 204 valence electrons. The fraction of sp³-hybridized carbons (Fsp3) is 0.481. The van der Waals surface area contributed by atoms with Crippen molar-refractivity contribution in [1.82, 2.24) is 9.21 Å². The number of piperidine rings is 1. The highest BCUT2D eigenvalue weighted by atomic mass is 79.9. The maximum absolute atomic E-state index is 13.8. The van der Waals surface area contributed by atoms with E-state index in [4.69, 9.17) is 0 Å². The van der Waals surface area contributed by atoms with E-state index in [0.29, 0.717) is 75.1 Å². The van der Waals surface area contributed by atoms with Crippen molar-refractivity contribution >= 4 is 49.1 Å². The van der Waals surface area contributed by atoms with E-state index < -0.39 is 15.9 Å². The Hall–Kier alpha value is -2.50. The summed E-state index contributed by atoms with van der Waals surface area (Å²) >= 11 is 3.45. The third-order valence-electron chi connectivity index (χ3n) is 7.77. The second-order valence-corrected chi connectivity index (χ2v) is 12.8. The number of rotatable bonds is 5. The lowest BCUT2D eigenvalue weighted by Gasteiger charge is -2.39. The Morgan fingerprint density at radius 3 is 2.42 bits per heavy atom. The molecule has 0 aromatic heterocycles. The van der Waals surface area contributed by atoms with Gasteiger partial charge in [-0.25, -0.2) is 12.8 Å². The fourth-order valence-corrected chi connectivity index (χ4v) is 8.23. The molecule has 3 aliphatic heterocycles. The third kappa shape index (κ3) is 5.20. The van der Waals surface area contributed by atoms with E-state index in [-0.39, 0.29) is 29.1 Å². The van der Waals surface area contributed by atoms with Crippen LogP contribution in [0.25, 0.3) is 0 Å². The second-order valence-electron chi connectivity index (χ2n) is 10.1. The molecule has 0 unspecified atom stereocenters. The molecule has 2 saturated heterocycles.